The third-order valence-electron chi connectivity index (χ3n) is 2.77. The predicted octanol–water partition coefficient (Wildman–Crippen LogP) is 2.10. The maximum Gasteiger partial charge on any atom is 0.151 e. The zero-order valence-electron chi connectivity index (χ0n) is 10.6. The molecule has 0 radical (unpaired) electrons. The van der Waals surface area contributed by atoms with Crippen molar-refractivity contribution in [3.8, 4) is 0 Å². The summed E-state index contributed by atoms with van der Waals surface area (Å²) in [6.07, 6.45) is 1.14. The van der Waals surface area contributed by atoms with Gasteiger partial charge in [-0.1, -0.05) is 11.6 Å². The molecule has 0 bridgehead atoms. The lowest BCUT2D eigenvalue weighted by Crippen LogP contribution is -2.44. The molecule has 2 heterocycles. The number of nitrogens with one attached hydrogen (secondary N) is 1. The van der Waals surface area contributed by atoms with Crippen LogP contribution in [0.5, 0.6) is 0 Å². The van der Waals surface area contributed by atoms with Crippen LogP contribution in [0.2, 0.25) is 5.15 Å². The molecule has 0 spiro atoms. The molecule has 1 fully saturated rings. The van der Waals surface area contributed by atoms with Gasteiger partial charge in [0.05, 0.1) is 0 Å². The molecule has 0 amide bonds. The normalized spacial score (nSPS) is 20.9. The standard InChI is InChI=1S/C12H19ClN4/c1-12(2,3)14-9-6-7-17(8-9)11-5-4-10(13)15-16-11/h4-5,9,14H,6-8H2,1-3H3/t9-/m0/s1. The minimum atomic E-state index is 0.159. The van der Waals surface area contributed by atoms with Gasteiger partial charge in [-0.05, 0) is 39.3 Å². The van der Waals surface area contributed by atoms with Crippen LogP contribution in [0.1, 0.15) is 27.2 Å². The molecule has 1 aliphatic heterocycles. The van der Waals surface area contributed by atoms with Gasteiger partial charge < -0.3 is 10.2 Å². The van der Waals surface area contributed by atoms with Gasteiger partial charge in [-0.15, -0.1) is 10.2 Å². The highest BCUT2D eigenvalue weighted by Gasteiger charge is 2.26. The number of halogens is 1. The van der Waals surface area contributed by atoms with Gasteiger partial charge >= 0.3 is 0 Å². The average Bonchev–Trinajstić information content (AvgIpc) is 2.64. The van der Waals surface area contributed by atoms with Crippen LogP contribution in [0.25, 0.3) is 0 Å². The Morgan fingerprint density at radius 1 is 1.35 bits per heavy atom. The zero-order valence-corrected chi connectivity index (χ0v) is 11.3. The molecule has 0 unspecified atom stereocenters. The van der Waals surface area contributed by atoms with Crippen molar-refractivity contribution in [2.75, 3.05) is 18.0 Å². The van der Waals surface area contributed by atoms with Crippen molar-refractivity contribution in [2.45, 2.75) is 38.8 Å². The van der Waals surface area contributed by atoms with Gasteiger partial charge in [0.1, 0.15) is 0 Å². The second-order valence-corrected chi connectivity index (χ2v) is 5.93. The highest BCUT2D eigenvalue weighted by molar-refractivity contribution is 6.29. The number of aromatic nitrogens is 2. The summed E-state index contributed by atoms with van der Waals surface area (Å²) in [4.78, 5) is 2.24. The van der Waals surface area contributed by atoms with E-state index in [1.807, 2.05) is 6.07 Å². The van der Waals surface area contributed by atoms with Crippen LogP contribution in [0.15, 0.2) is 12.1 Å². The molecule has 0 aromatic carbocycles. The smallest absolute Gasteiger partial charge is 0.151 e. The number of nitrogens with zero attached hydrogens (tertiary/aromatic N) is 3. The van der Waals surface area contributed by atoms with Crippen molar-refractivity contribution in [1.29, 1.82) is 0 Å². The van der Waals surface area contributed by atoms with Gasteiger partial charge in [-0.2, -0.15) is 0 Å². The molecule has 2 rings (SSSR count). The molecule has 1 aromatic rings. The van der Waals surface area contributed by atoms with E-state index in [2.05, 4.69) is 41.2 Å². The van der Waals surface area contributed by atoms with Crippen LogP contribution in [0.3, 0.4) is 0 Å². The molecular weight excluding hydrogens is 236 g/mol. The second-order valence-electron chi connectivity index (χ2n) is 5.54. The fourth-order valence-electron chi connectivity index (χ4n) is 2.18. The lowest BCUT2D eigenvalue weighted by Gasteiger charge is -2.26. The van der Waals surface area contributed by atoms with Gasteiger partial charge in [0.25, 0.3) is 0 Å². The summed E-state index contributed by atoms with van der Waals surface area (Å²) in [7, 11) is 0. The number of hydrogen-bond acceptors (Lipinski definition) is 4. The third kappa shape index (κ3) is 3.54. The van der Waals surface area contributed by atoms with E-state index < -0.39 is 0 Å². The molecule has 5 heteroatoms. The summed E-state index contributed by atoms with van der Waals surface area (Å²) in [5.74, 6) is 0.910. The average molecular weight is 255 g/mol. The van der Waals surface area contributed by atoms with Gasteiger partial charge in [-0.3, -0.25) is 0 Å². The van der Waals surface area contributed by atoms with Crippen molar-refractivity contribution in [3.63, 3.8) is 0 Å². The highest BCUT2D eigenvalue weighted by Crippen LogP contribution is 2.19. The van der Waals surface area contributed by atoms with Crippen LogP contribution in [0.4, 0.5) is 5.82 Å². The summed E-state index contributed by atoms with van der Waals surface area (Å²) in [6.45, 7) is 8.57. The van der Waals surface area contributed by atoms with Gasteiger partial charge in [-0.25, -0.2) is 0 Å². The van der Waals surface area contributed by atoms with Gasteiger partial charge in [0, 0.05) is 24.7 Å². The SMILES string of the molecule is CC(C)(C)N[C@H]1CCN(c2ccc(Cl)nn2)C1. The first kappa shape index (κ1) is 12.6. The first-order valence-corrected chi connectivity index (χ1v) is 6.34. The Labute approximate surface area is 107 Å². The Hall–Kier alpha value is -0.870. The van der Waals surface area contributed by atoms with E-state index in [0.717, 1.165) is 25.3 Å². The van der Waals surface area contributed by atoms with Crippen LogP contribution < -0.4 is 10.2 Å². The maximum absolute atomic E-state index is 5.73. The van der Waals surface area contributed by atoms with Crippen molar-refractivity contribution in [3.05, 3.63) is 17.3 Å². The Morgan fingerprint density at radius 2 is 2.12 bits per heavy atom. The molecular formula is C12H19ClN4. The Morgan fingerprint density at radius 3 is 2.71 bits per heavy atom. The molecule has 94 valence electrons. The minimum Gasteiger partial charge on any atom is -0.354 e. The first-order valence-electron chi connectivity index (χ1n) is 5.96. The molecule has 0 aliphatic carbocycles. The largest absolute Gasteiger partial charge is 0.354 e. The molecule has 1 atom stereocenters. The lowest BCUT2D eigenvalue weighted by molar-refractivity contribution is 0.373. The van der Waals surface area contributed by atoms with Crippen LogP contribution in [-0.2, 0) is 0 Å². The van der Waals surface area contributed by atoms with E-state index in [-0.39, 0.29) is 5.54 Å². The summed E-state index contributed by atoms with van der Waals surface area (Å²) in [5.41, 5.74) is 0.159. The molecule has 1 N–H and O–H groups in total. The summed E-state index contributed by atoms with van der Waals surface area (Å²) in [6, 6.07) is 4.23. The van der Waals surface area contributed by atoms with Crippen molar-refractivity contribution in [2.24, 2.45) is 0 Å². The predicted molar refractivity (Wildman–Crippen MR) is 70.5 cm³/mol. The fourth-order valence-corrected chi connectivity index (χ4v) is 2.28. The van der Waals surface area contributed by atoms with Crippen molar-refractivity contribution >= 4 is 17.4 Å². The van der Waals surface area contributed by atoms with E-state index in [1.54, 1.807) is 6.07 Å². The Bertz CT molecular complexity index is 371. The molecule has 17 heavy (non-hydrogen) atoms. The molecule has 1 aromatic heterocycles. The molecule has 1 saturated heterocycles. The third-order valence-corrected chi connectivity index (χ3v) is 2.97. The Balaban J connectivity index is 1.96. The van der Waals surface area contributed by atoms with E-state index >= 15 is 0 Å². The first-order chi connectivity index (χ1) is 7.94. The molecule has 0 saturated carbocycles. The summed E-state index contributed by atoms with van der Waals surface area (Å²) in [5, 5.41) is 12.0. The van der Waals surface area contributed by atoms with E-state index in [4.69, 9.17) is 11.6 Å². The van der Waals surface area contributed by atoms with E-state index in [0.29, 0.717) is 11.2 Å². The lowest BCUT2D eigenvalue weighted by atomic mass is 10.1. The van der Waals surface area contributed by atoms with Crippen molar-refractivity contribution in [1.82, 2.24) is 15.5 Å². The topological polar surface area (TPSA) is 41.0 Å². The molecule has 1 aliphatic rings. The van der Waals surface area contributed by atoms with Gasteiger partial charge in [0.2, 0.25) is 0 Å². The summed E-state index contributed by atoms with van der Waals surface area (Å²) >= 11 is 5.73. The number of hydrogen-bond donors (Lipinski definition) is 1. The quantitative estimate of drug-likeness (QED) is 0.878. The van der Waals surface area contributed by atoms with E-state index in [9.17, 15) is 0 Å². The summed E-state index contributed by atoms with van der Waals surface area (Å²) < 4.78 is 0. The second kappa shape index (κ2) is 4.78. The fraction of sp³-hybridized carbons (Fsp3) is 0.667. The van der Waals surface area contributed by atoms with Crippen LogP contribution in [-0.4, -0.2) is 34.9 Å². The zero-order chi connectivity index (χ0) is 12.5. The van der Waals surface area contributed by atoms with Crippen LogP contribution >= 0.6 is 11.6 Å². The van der Waals surface area contributed by atoms with Gasteiger partial charge in [0.15, 0.2) is 11.0 Å². The minimum absolute atomic E-state index is 0.159. The van der Waals surface area contributed by atoms with E-state index in [1.165, 1.54) is 0 Å². The Kier molecular flexibility index (Phi) is 3.54. The number of anilines is 1. The number of rotatable bonds is 2. The maximum atomic E-state index is 5.73. The van der Waals surface area contributed by atoms with Crippen molar-refractivity contribution < 1.29 is 0 Å². The highest BCUT2D eigenvalue weighted by atomic mass is 35.5. The molecule has 4 nitrogen and oxygen atoms in total. The van der Waals surface area contributed by atoms with Crippen LogP contribution in [0, 0.1) is 0 Å². The monoisotopic (exact) mass is 254 g/mol.